The molecule has 0 fully saturated rings. The third kappa shape index (κ3) is 4.62. The molecule has 3 rings (SSSR count). The first-order valence-electron chi connectivity index (χ1n) is 8.09. The SMILES string of the molecule is O=C(C(=NNc1ccccc1)C(=S)Nc1ccccc1)c1ccccc1. The van der Waals surface area contributed by atoms with Crippen LogP contribution in [0.1, 0.15) is 10.4 Å². The minimum Gasteiger partial charge on any atom is -0.345 e. The molecule has 0 spiro atoms. The van der Waals surface area contributed by atoms with Crippen molar-refractivity contribution >= 4 is 40.1 Å². The van der Waals surface area contributed by atoms with Gasteiger partial charge in [-0.05, 0) is 24.3 Å². The van der Waals surface area contributed by atoms with Gasteiger partial charge in [0.15, 0.2) is 5.71 Å². The number of hydrogen-bond acceptors (Lipinski definition) is 4. The average molecular weight is 359 g/mol. The van der Waals surface area contributed by atoms with Crippen LogP contribution in [0.5, 0.6) is 0 Å². The standard InChI is InChI=1S/C21H17N3OS/c25-20(16-10-4-1-5-11-16)19(24-23-18-14-8-3-9-15-18)21(26)22-17-12-6-2-7-13-17/h1-15,23H,(H,22,26). The summed E-state index contributed by atoms with van der Waals surface area (Å²) < 4.78 is 0. The first-order chi connectivity index (χ1) is 12.7. The molecule has 0 amide bonds. The Labute approximate surface area is 157 Å². The lowest BCUT2D eigenvalue weighted by Gasteiger charge is -2.11. The topological polar surface area (TPSA) is 53.5 Å². The number of ketones is 1. The van der Waals surface area contributed by atoms with E-state index in [4.69, 9.17) is 12.2 Å². The van der Waals surface area contributed by atoms with Crippen LogP contribution in [0, 0.1) is 0 Å². The lowest BCUT2D eigenvalue weighted by molar-refractivity contribution is 0.106. The van der Waals surface area contributed by atoms with Crippen LogP contribution in [-0.4, -0.2) is 16.5 Å². The molecule has 0 aliphatic heterocycles. The van der Waals surface area contributed by atoms with Crippen molar-refractivity contribution < 1.29 is 4.79 Å². The smallest absolute Gasteiger partial charge is 0.216 e. The van der Waals surface area contributed by atoms with Crippen molar-refractivity contribution in [2.75, 3.05) is 10.7 Å². The van der Waals surface area contributed by atoms with Crippen LogP contribution in [0.4, 0.5) is 11.4 Å². The predicted molar refractivity (Wildman–Crippen MR) is 111 cm³/mol. The number of nitrogens with one attached hydrogen (secondary N) is 2. The van der Waals surface area contributed by atoms with E-state index in [-0.39, 0.29) is 16.5 Å². The summed E-state index contributed by atoms with van der Waals surface area (Å²) in [7, 11) is 0. The number of rotatable bonds is 6. The van der Waals surface area contributed by atoms with E-state index in [1.165, 1.54) is 0 Å². The van der Waals surface area contributed by atoms with Gasteiger partial charge < -0.3 is 5.32 Å². The van der Waals surface area contributed by atoms with Crippen molar-refractivity contribution in [2.45, 2.75) is 0 Å². The quantitative estimate of drug-likeness (QED) is 0.288. The second kappa shape index (κ2) is 8.69. The molecule has 128 valence electrons. The summed E-state index contributed by atoms with van der Waals surface area (Å²) in [5.74, 6) is -0.248. The summed E-state index contributed by atoms with van der Waals surface area (Å²) in [6.45, 7) is 0. The molecule has 26 heavy (non-hydrogen) atoms. The molecule has 3 aromatic rings. The molecule has 0 aliphatic carbocycles. The lowest BCUT2D eigenvalue weighted by atomic mass is 10.1. The minimum atomic E-state index is -0.248. The first kappa shape index (κ1) is 17.5. The van der Waals surface area contributed by atoms with Crippen molar-refractivity contribution in [2.24, 2.45) is 5.10 Å². The lowest BCUT2D eigenvalue weighted by Crippen LogP contribution is -2.29. The molecule has 0 saturated heterocycles. The fraction of sp³-hybridized carbons (Fsp3) is 0. The van der Waals surface area contributed by atoms with E-state index in [9.17, 15) is 4.79 Å². The maximum atomic E-state index is 12.9. The molecule has 0 unspecified atom stereocenters. The second-order valence-corrected chi connectivity index (χ2v) is 5.86. The molecule has 0 aliphatic rings. The number of hydrogen-bond donors (Lipinski definition) is 2. The van der Waals surface area contributed by atoms with Gasteiger partial charge in [0.25, 0.3) is 0 Å². The summed E-state index contributed by atoms with van der Waals surface area (Å²) in [6, 6.07) is 27.8. The normalized spacial score (nSPS) is 10.8. The van der Waals surface area contributed by atoms with Gasteiger partial charge in [-0.2, -0.15) is 5.10 Å². The largest absolute Gasteiger partial charge is 0.345 e. The third-order valence-electron chi connectivity index (χ3n) is 3.57. The van der Waals surface area contributed by atoms with E-state index in [0.29, 0.717) is 5.56 Å². The van der Waals surface area contributed by atoms with E-state index >= 15 is 0 Å². The van der Waals surface area contributed by atoms with Gasteiger partial charge in [-0.1, -0.05) is 78.9 Å². The highest BCUT2D eigenvalue weighted by molar-refractivity contribution is 7.82. The second-order valence-electron chi connectivity index (χ2n) is 5.45. The van der Waals surface area contributed by atoms with Crippen molar-refractivity contribution in [3.8, 4) is 0 Å². The molecule has 4 nitrogen and oxygen atoms in total. The van der Waals surface area contributed by atoms with Gasteiger partial charge in [-0.3, -0.25) is 10.2 Å². The Morgan fingerprint density at radius 2 is 1.23 bits per heavy atom. The Morgan fingerprint density at radius 3 is 1.81 bits per heavy atom. The van der Waals surface area contributed by atoms with Crippen LogP contribution in [-0.2, 0) is 0 Å². The summed E-state index contributed by atoms with van der Waals surface area (Å²) in [4.78, 5) is 13.2. The van der Waals surface area contributed by atoms with Crippen LogP contribution in [0.25, 0.3) is 0 Å². The van der Waals surface area contributed by atoms with Crippen molar-refractivity contribution in [3.63, 3.8) is 0 Å². The van der Waals surface area contributed by atoms with Crippen molar-refractivity contribution in [3.05, 3.63) is 96.6 Å². The van der Waals surface area contributed by atoms with Gasteiger partial charge in [0.05, 0.1) is 5.69 Å². The highest BCUT2D eigenvalue weighted by Crippen LogP contribution is 2.10. The molecule has 5 heteroatoms. The van der Waals surface area contributed by atoms with Crippen LogP contribution in [0.2, 0.25) is 0 Å². The number of benzene rings is 3. The Morgan fingerprint density at radius 1 is 0.731 bits per heavy atom. The molecular formula is C21H17N3OS. The fourth-order valence-corrected chi connectivity index (χ4v) is 2.53. The van der Waals surface area contributed by atoms with Gasteiger partial charge >= 0.3 is 0 Å². The van der Waals surface area contributed by atoms with Gasteiger partial charge in [-0.15, -0.1) is 0 Å². The Bertz CT molecular complexity index is 910. The van der Waals surface area contributed by atoms with E-state index in [1.54, 1.807) is 12.1 Å². The molecule has 0 heterocycles. The Hall–Kier alpha value is -3.31. The van der Waals surface area contributed by atoms with Crippen molar-refractivity contribution in [1.29, 1.82) is 0 Å². The first-order valence-corrected chi connectivity index (χ1v) is 8.50. The van der Waals surface area contributed by atoms with Gasteiger partial charge in [0.2, 0.25) is 5.78 Å². The minimum absolute atomic E-state index is 0.152. The number of carbonyl (C=O) groups is 1. The molecule has 0 atom stereocenters. The van der Waals surface area contributed by atoms with E-state index < -0.39 is 0 Å². The number of thiocarbonyl (C=S) groups is 1. The summed E-state index contributed by atoms with van der Waals surface area (Å²) in [5, 5.41) is 7.35. The maximum Gasteiger partial charge on any atom is 0.216 e. The van der Waals surface area contributed by atoms with Crippen LogP contribution in [0.3, 0.4) is 0 Å². The molecule has 0 aromatic heterocycles. The highest BCUT2D eigenvalue weighted by atomic mass is 32.1. The predicted octanol–water partition coefficient (Wildman–Crippen LogP) is 4.78. The number of hydrazone groups is 1. The number of para-hydroxylation sites is 2. The van der Waals surface area contributed by atoms with E-state index in [0.717, 1.165) is 11.4 Å². The van der Waals surface area contributed by atoms with Gasteiger partial charge in [0.1, 0.15) is 4.99 Å². The molecular weight excluding hydrogens is 342 g/mol. The van der Waals surface area contributed by atoms with E-state index in [2.05, 4.69) is 15.8 Å². The molecule has 0 radical (unpaired) electrons. The molecule has 0 saturated carbocycles. The third-order valence-corrected chi connectivity index (χ3v) is 3.86. The van der Waals surface area contributed by atoms with Crippen LogP contribution >= 0.6 is 12.2 Å². The number of anilines is 2. The Balaban J connectivity index is 1.87. The maximum absolute atomic E-state index is 12.9. The van der Waals surface area contributed by atoms with Gasteiger partial charge in [0, 0.05) is 11.3 Å². The average Bonchev–Trinajstić information content (AvgIpc) is 2.70. The molecule has 3 aromatic carbocycles. The monoisotopic (exact) mass is 359 g/mol. The number of nitrogens with zero attached hydrogens (tertiary/aromatic N) is 1. The molecule has 0 bridgehead atoms. The van der Waals surface area contributed by atoms with Crippen LogP contribution < -0.4 is 10.7 Å². The molecule has 2 N–H and O–H groups in total. The summed E-state index contributed by atoms with van der Waals surface area (Å²) >= 11 is 5.45. The zero-order chi connectivity index (χ0) is 18.2. The summed E-state index contributed by atoms with van der Waals surface area (Å²) in [5.41, 5.74) is 5.15. The highest BCUT2D eigenvalue weighted by Gasteiger charge is 2.19. The Kier molecular flexibility index (Phi) is 5.85. The number of Topliss-reactive ketones (excluding diaryl/α,β-unsaturated/α-hetero) is 1. The van der Waals surface area contributed by atoms with Gasteiger partial charge in [-0.25, -0.2) is 0 Å². The fourth-order valence-electron chi connectivity index (χ4n) is 2.28. The summed E-state index contributed by atoms with van der Waals surface area (Å²) in [6.07, 6.45) is 0. The van der Waals surface area contributed by atoms with E-state index in [1.807, 2.05) is 78.9 Å². The van der Waals surface area contributed by atoms with Crippen LogP contribution in [0.15, 0.2) is 96.1 Å². The van der Waals surface area contributed by atoms with Crippen molar-refractivity contribution in [1.82, 2.24) is 0 Å². The number of carbonyl (C=O) groups excluding carboxylic acids is 1. The zero-order valence-corrected chi connectivity index (χ0v) is 14.7. The zero-order valence-electron chi connectivity index (χ0n) is 13.9.